The topological polar surface area (TPSA) is 46.6 Å². The van der Waals surface area contributed by atoms with Gasteiger partial charge < -0.3 is 4.74 Å². The van der Waals surface area contributed by atoms with E-state index < -0.39 is 10.0 Å². The van der Waals surface area contributed by atoms with Crippen molar-refractivity contribution in [3.05, 3.63) is 60.2 Å². The van der Waals surface area contributed by atoms with Crippen LogP contribution in [0, 0.1) is 0 Å². The molecule has 0 bridgehead atoms. The van der Waals surface area contributed by atoms with Gasteiger partial charge in [-0.2, -0.15) is 4.31 Å². The number of sulfonamides is 1. The van der Waals surface area contributed by atoms with E-state index in [9.17, 15) is 8.42 Å². The molecular weight excluding hydrogens is 322 g/mol. The largest absolute Gasteiger partial charge is 0.497 e. The lowest BCUT2D eigenvalue weighted by Gasteiger charge is -2.29. The van der Waals surface area contributed by atoms with Crippen molar-refractivity contribution in [2.45, 2.75) is 36.6 Å². The molecule has 0 spiro atoms. The van der Waals surface area contributed by atoms with Crippen molar-refractivity contribution in [2.75, 3.05) is 13.7 Å². The smallest absolute Gasteiger partial charge is 0.243 e. The third kappa shape index (κ3) is 3.47. The van der Waals surface area contributed by atoms with Crippen molar-refractivity contribution >= 4 is 10.0 Å². The average Bonchev–Trinajstić information content (AvgIpc) is 2.89. The van der Waals surface area contributed by atoms with E-state index in [1.165, 1.54) is 0 Å². The Kier molecular flexibility index (Phi) is 5.21. The number of hydrogen-bond donors (Lipinski definition) is 0. The molecule has 0 radical (unpaired) electrons. The van der Waals surface area contributed by atoms with E-state index in [2.05, 4.69) is 0 Å². The molecule has 128 valence electrons. The molecule has 1 aliphatic heterocycles. The average molecular weight is 345 g/mol. The predicted molar refractivity (Wildman–Crippen MR) is 94.5 cm³/mol. The fourth-order valence-corrected chi connectivity index (χ4v) is 4.96. The zero-order valence-corrected chi connectivity index (χ0v) is 14.7. The Balaban J connectivity index is 1.98. The first-order valence-electron chi connectivity index (χ1n) is 8.34. The summed E-state index contributed by atoms with van der Waals surface area (Å²) in [7, 11) is -1.86. The molecule has 0 amide bonds. The molecule has 1 heterocycles. The number of nitrogens with zero attached hydrogens (tertiary/aromatic N) is 1. The highest BCUT2D eigenvalue weighted by Crippen LogP contribution is 2.35. The summed E-state index contributed by atoms with van der Waals surface area (Å²) >= 11 is 0. The van der Waals surface area contributed by atoms with Crippen LogP contribution < -0.4 is 4.74 Å². The molecule has 4 nitrogen and oxygen atoms in total. The molecule has 0 N–H and O–H groups in total. The Morgan fingerprint density at radius 2 is 1.67 bits per heavy atom. The molecule has 0 unspecified atom stereocenters. The molecule has 0 aromatic heterocycles. The Labute approximate surface area is 144 Å². The third-order valence-corrected chi connectivity index (χ3v) is 6.48. The SMILES string of the molecule is COc1ccc([C@@H]2CCCCCN2S(=O)(=O)c2ccccc2)cc1. The van der Waals surface area contributed by atoms with Gasteiger partial charge in [0.05, 0.1) is 18.0 Å². The Hall–Kier alpha value is -1.85. The van der Waals surface area contributed by atoms with Crippen LogP contribution in [0.3, 0.4) is 0 Å². The van der Waals surface area contributed by atoms with Crippen molar-refractivity contribution in [1.29, 1.82) is 0 Å². The molecule has 1 atom stereocenters. The van der Waals surface area contributed by atoms with E-state index in [1.54, 1.807) is 35.7 Å². The lowest BCUT2D eigenvalue weighted by molar-refractivity contribution is 0.328. The minimum Gasteiger partial charge on any atom is -0.497 e. The van der Waals surface area contributed by atoms with Crippen LogP contribution in [0.25, 0.3) is 0 Å². The van der Waals surface area contributed by atoms with Gasteiger partial charge in [0.2, 0.25) is 10.0 Å². The number of hydrogen-bond acceptors (Lipinski definition) is 3. The van der Waals surface area contributed by atoms with E-state index >= 15 is 0 Å². The summed E-state index contributed by atoms with van der Waals surface area (Å²) in [5, 5.41) is 0. The normalized spacial score (nSPS) is 19.6. The van der Waals surface area contributed by atoms with Gasteiger partial charge in [0.1, 0.15) is 5.75 Å². The highest BCUT2D eigenvalue weighted by molar-refractivity contribution is 7.89. The summed E-state index contributed by atoms with van der Waals surface area (Å²) in [5.41, 5.74) is 1.03. The van der Waals surface area contributed by atoms with Gasteiger partial charge in [-0.1, -0.05) is 43.2 Å². The number of benzene rings is 2. The summed E-state index contributed by atoms with van der Waals surface area (Å²) in [5.74, 6) is 0.782. The second-order valence-corrected chi connectivity index (χ2v) is 7.96. The monoisotopic (exact) mass is 345 g/mol. The minimum atomic E-state index is -3.50. The van der Waals surface area contributed by atoms with Crippen molar-refractivity contribution in [1.82, 2.24) is 4.31 Å². The van der Waals surface area contributed by atoms with Crippen LogP contribution in [-0.2, 0) is 10.0 Å². The van der Waals surface area contributed by atoms with Crippen LogP contribution in [0.1, 0.15) is 37.3 Å². The summed E-state index contributed by atoms with van der Waals surface area (Å²) in [4.78, 5) is 0.366. The summed E-state index contributed by atoms with van der Waals surface area (Å²) < 4.78 is 33.2. The van der Waals surface area contributed by atoms with Crippen LogP contribution in [0.5, 0.6) is 5.75 Å². The Morgan fingerprint density at radius 1 is 0.958 bits per heavy atom. The molecule has 0 saturated carbocycles. The molecule has 1 fully saturated rings. The zero-order chi connectivity index (χ0) is 17.0. The van der Waals surface area contributed by atoms with Gasteiger partial charge in [-0.15, -0.1) is 0 Å². The lowest BCUT2D eigenvalue weighted by Crippen LogP contribution is -2.34. The van der Waals surface area contributed by atoms with Gasteiger partial charge in [0.25, 0.3) is 0 Å². The molecule has 1 saturated heterocycles. The van der Waals surface area contributed by atoms with Crippen LogP contribution in [0.15, 0.2) is 59.5 Å². The Bertz CT molecular complexity index is 757. The maximum Gasteiger partial charge on any atom is 0.243 e. The minimum absolute atomic E-state index is 0.122. The maximum atomic E-state index is 13.1. The Morgan fingerprint density at radius 3 is 2.33 bits per heavy atom. The predicted octanol–water partition coefficient (Wildman–Crippen LogP) is 4.00. The van der Waals surface area contributed by atoms with E-state index in [-0.39, 0.29) is 6.04 Å². The van der Waals surface area contributed by atoms with Gasteiger partial charge in [0.15, 0.2) is 0 Å². The fraction of sp³-hybridized carbons (Fsp3) is 0.368. The van der Waals surface area contributed by atoms with E-state index in [0.29, 0.717) is 11.4 Å². The van der Waals surface area contributed by atoms with Crippen LogP contribution in [0.4, 0.5) is 0 Å². The number of methoxy groups -OCH3 is 1. The fourth-order valence-electron chi connectivity index (χ4n) is 3.26. The first-order chi connectivity index (χ1) is 11.6. The van der Waals surface area contributed by atoms with Crippen molar-refractivity contribution < 1.29 is 13.2 Å². The summed E-state index contributed by atoms with van der Waals surface area (Å²) in [6.07, 6.45) is 3.85. The van der Waals surface area contributed by atoms with Gasteiger partial charge in [0, 0.05) is 6.54 Å². The molecule has 3 rings (SSSR count). The molecule has 5 heteroatoms. The van der Waals surface area contributed by atoms with Crippen molar-refractivity contribution in [3.63, 3.8) is 0 Å². The maximum absolute atomic E-state index is 13.1. The van der Waals surface area contributed by atoms with Crippen LogP contribution in [-0.4, -0.2) is 26.4 Å². The highest BCUT2D eigenvalue weighted by atomic mass is 32.2. The standard InChI is InChI=1S/C19H23NO3S/c1-23-17-13-11-16(12-14-17)19-10-6-3-7-15-20(19)24(21,22)18-8-4-2-5-9-18/h2,4-5,8-9,11-14,19H,3,6-7,10,15H2,1H3/t19-/m0/s1. The molecule has 1 aliphatic rings. The third-order valence-electron chi connectivity index (χ3n) is 4.55. The van der Waals surface area contributed by atoms with Gasteiger partial charge >= 0.3 is 0 Å². The molecule has 2 aromatic carbocycles. The van der Waals surface area contributed by atoms with E-state index in [0.717, 1.165) is 37.0 Å². The number of ether oxygens (including phenoxy) is 1. The first kappa shape index (κ1) is 17.0. The second-order valence-electron chi connectivity index (χ2n) is 6.07. The quantitative estimate of drug-likeness (QED) is 0.841. The summed E-state index contributed by atoms with van der Waals surface area (Å²) in [6.45, 7) is 0.563. The molecular formula is C19H23NO3S. The molecule has 0 aliphatic carbocycles. The summed E-state index contributed by atoms with van der Waals surface area (Å²) in [6, 6.07) is 16.3. The van der Waals surface area contributed by atoms with Crippen LogP contribution >= 0.6 is 0 Å². The molecule has 2 aromatic rings. The van der Waals surface area contributed by atoms with E-state index in [1.807, 2.05) is 30.3 Å². The van der Waals surface area contributed by atoms with Gasteiger partial charge in [-0.25, -0.2) is 8.42 Å². The van der Waals surface area contributed by atoms with Gasteiger partial charge in [-0.3, -0.25) is 0 Å². The van der Waals surface area contributed by atoms with Crippen LogP contribution in [0.2, 0.25) is 0 Å². The zero-order valence-electron chi connectivity index (χ0n) is 13.9. The first-order valence-corrected chi connectivity index (χ1v) is 9.78. The van der Waals surface area contributed by atoms with Crippen molar-refractivity contribution in [3.8, 4) is 5.75 Å². The lowest BCUT2D eigenvalue weighted by atomic mass is 10.0. The van der Waals surface area contributed by atoms with E-state index in [4.69, 9.17) is 4.74 Å². The van der Waals surface area contributed by atoms with Gasteiger partial charge in [-0.05, 0) is 42.7 Å². The molecule has 24 heavy (non-hydrogen) atoms. The van der Waals surface area contributed by atoms with Crippen molar-refractivity contribution in [2.24, 2.45) is 0 Å². The highest BCUT2D eigenvalue weighted by Gasteiger charge is 2.33. The second kappa shape index (κ2) is 7.36. The number of rotatable bonds is 4.